The first-order valence-electron chi connectivity index (χ1n) is 12.8. The van der Waals surface area contributed by atoms with E-state index in [-0.39, 0.29) is 23.6 Å². The molecule has 4 heterocycles. The Balaban J connectivity index is 0.00000353. The Bertz CT molecular complexity index is 2060. The van der Waals surface area contributed by atoms with Crippen molar-refractivity contribution in [1.29, 1.82) is 0 Å². The summed E-state index contributed by atoms with van der Waals surface area (Å²) in [7, 11) is 0. The molecule has 2 aromatic carbocycles. The zero-order chi connectivity index (χ0) is 28.5. The topological polar surface area (TPSA) is 102 Å². The van der Waals surface area contributed by atoms with E-state index in [9.17, 15) is 0 Å². The van der Waals surface area contributed by atoms with Gasteiger partial charge in [-0.1, -0.05) is 99.2 Å². The third-order valence-electron chi connectivity index (χ3n) is 6.86. The van der Waals surface area contributed by atoms with E-state index in [1.54, 1.807) is 24.3 Å². The summed E-state index contributed by atoms with van der Waals surface area (Å²) in [4.78, 5) is 37.9. The molecule has 0 amide bonds. The summed E-state index contributed by atoms with van der Waals surface area (Å²) in [6.07, 6.45) is 6.76. The Morgan fingerprint density at radius 3 is 1.86 bits per heavy atom. The van der Waals surface area contributed by atoms with Crippen molar-refractivity contribution >= 4 is 58.8 Å². The summed E-state index contributed by atoms with van der Waals surface area (Å²) in [5, 5.41) is 1.65. The fraction of sp³-hybridized carbons (Fsp3) is 0.0303. The fourth-order valence-corrected chi connectivity index (χ4v) is 4.87. The van der Waals surface area contributed by atoms with E-state index < -0.39 is 0 Å². The fourth-order valence-electron chi connectivity index (χ4n) is 4.87. The minimum atomic E-state index is 0. The van der Waals surface area contributed by atoms with E-state index in [2.05, 4.69) is 38.0 Å². The molecule has 0 atom stereocenters. The standard InChI is InChI=1S/C33H24N8.Cu/c1-6-19-18-35-28-21(8-3)22(9-4)29(37-28)38-31-25-16-12-13-17-26(25)33(40-31)41-32-24-15-11-10-14-23(24)30(39-32)36-27(34-5)20(19)7-2;/h6-17H,1-5,18H2;/q-2;+2/b20-19-,36-27-;. The van der Waals surface area contributed by atoms with Crippen LogP contribution in [0.3, 0.4) is 0 Å². The van der Waals surface area contributed by atoms with Crippen molar-refractivity contribution in [3.63, 3.8) is 0 Å². The van der Waals surface area contributed by atoms with Crippen LogP contribution in [0.5, 0.6) is 0 Å². The molecule has 0 aliphatic carbocycles. The molecule has 4 aromatic rings. The quantitative estimate of drug-likeness (QED) is 0.238. The van der Waals surface area contributed by atoms with Gasteiger partial charge in [0.15, 0.2) is 0 Å². The van der Waals surface area contributed by atoms with E-state index in [1.807, 2.05) is 48.5 Å². The van der Waals surface area contributed by atoms with E-state index in [0.717, 1.165) is 33.0 Å². The molecule has 0 saturated carbocycles. The van der Waals surface area contributed by atoms with Crippen molar-refractivity contribution in [1.82, 2.24) is 9.97 Å². The number of aliphatic imine (C=N–C) groups is 4. The Kier molecular flexibility index (Phi) is 7.88. The third-order valence-corrected chi connectivity index (χ3v) is 6.86. The molecule has 0 spiro atoms. The predicted molar refractivity (Wildman–Crippen MR) is 168 cm³/mol. The predicted octanol–water partition coefficient (Wildman–Crippen LogP) is 5.23. The van der Waals surface area contributed by atoms with Crippen LogP contribution in [-0.4, -0.2) is 30.8 Å². The normalized spacial score (nSPS) is 18.3. The number of fused-ring (bicyclic) bond motifs is 11. The number of rotatable bonds is 4. The van der Waals surface area contributed by atoms with Crippen molar-refractivity contribution in [3.05, 3.63) is 131 Å². The zero-order valence-electron chi connectivity index (χ0n) is 22.6. The molecule has 207 valence electrons. The molecule has 6 rings (SSSR count). The molecule has 9 heteroatoms. The molecular formula is C33H24CuN8. The molecule has 0 N–H and O–H groups in total. The van der Waals surface area contributed by atoms with Gasteiger partial charge < -0.3 is 29.9 Å². The smallest absolute Gasteiger partial charge is 0.390 e. The van der Waals surface area contributed by atoms with Gasteiger partial charge >= 0.3 is 17.1 Å². The number of hydrogen-bond acceptors (Lipinski definition) is 6. The van der Waals surface area contributed by atoms with Crippen LogP contribution in [0.1, 0.15) is 22.3 Å². The van der Waals surface area contributed by atoms with Crippen molar-refractivity contribution in [2.45, 2.75) is 0 Å². The molecule has 0 fully saturated rings. The average Bonchev–Trinajstić information content (AvgIpc) is 3.65. The van der Waals surface area contributed by atoms with Gasteiger partial charge in [0.25, 0.3) is 0 Å². The van der Waals surface area contributed by atoms with Gasteiger partial charge in [-0.2, -0.15) is 0 Å². The van der Waals surface area contributed by atoms with E-state index >= 15 is 0 Å². The first-order valence-corrected chi connectivity index (χ1v) is 12.8. The Morgan fingerprint density at radius 1 is 0.667 bits per heavy atom. The van der Waals surface area contributed by atoms with Crippen LogP contribution >= 0.6 is 0 Å². The summed E-state index contributed by atoms with van der Waals surface area (Å²) in [6.45, 7) is 19.9. The monoisotopic (exact) mass is 595 g/mol. The van der Waals surface area contributed by atoms with Gasteiger partial charge in [-0.25, -0.2) is 4.99 Å². The van der Waals surface area contributed by atoms with Crippen LogP contribution in [0.4, 0.5) is 11.6 Å². The van der Waals surface area contributed by atoms with E-state index in [0.29, 0.717) is 51.3 Å². The minimum Gasteiger partial charge on any atom is -0.390 e. The molecule has 8 nitrogen and oxygen atoms in total. The van der Waals surface area contributed by atoms with Gasteiger partial charge in [0.2, 0.25) is 0 Å². The third kappa shape index (κ3) is 4.71. The SMILES string of the molecule is C=C/C1=C(C=C)/C(N=C)=N/c2[n-]c(c3ccccc23)/N=C2\N=C(N=c3[n-]c(c(C=C)c3C=C)=NC1)c1ccccc12.[Cu+2]. The maximum absolute atomic E-state index is 4.90. The summed E-state index contributed by atoms with van der Waals surface area (Å²) in [5.41, 5.74) is 5.38. The van der Waals surface area contributed by atoms with Crippen LogP contribution in [0.2, 0.25) is 0 Å². The van der Waals surface area contributed by atoms with E-state index in [1.165, 1.54) is 0 Å². The summed E-state index contributed by atoms with van der Waals surface area (Å²) in [6, 6.07) is 15.6. The molecule has 0 saturated heterocycles. The van der Waals surface area contributed by atoms with Crippen molar-refractivity contribution in [3.8, 4) is 0 Å². The van der Waals surface area contributed by atoms with Crippen LogP contribution in [0.25, 0.3) is 22.9 Å². The van der Waals surface area contributed by atoms with Crippen LogP contribution in [0.15, 0.2) is 128 Å². The Hall–Kier alpha value is -5.24. The first-order chi connectivity index (χ1) is 20.1. The molecular weight excluding hydrogens is 572 g/mol. The van der Waals surface area contributed by atoms with Gasteiger partial charge in [0, 0.05) is 45.9 Å². The molecule has 2 aliphatic rings. The number of nitrogens with zero attached hydrogens (tertiary/aromatic N) is 8. The van der Waals surface area contributed by atoms with Crippen LogP contribution < -0.4 is 20.9 Å². The summed E-state index contributed by atoms with van der Waals surface area (Å²) in [5.74, 6) is 2.26. The molecule has 1 radical (unpaired) electrons. The molecule has 2 aromatic heterocycles. The second-order valence-electron chi connectivity index (χ2n) is 9.08. The maximum atomic E-state index is 4.90. The van der Waals surface area contributed by atoms with Gasteiger partial charge in [0.1, 0.15) is 0 Å². The largest absolute Gasteiger partial charge is 2.00 e. The number of hydrogen-bond donors (Lipinski definition) is 0. The number of benzene rings is 2. The van der Waals surface area contributed by atoms with Gasteiger partial charge in [0.05, 0.1) is 17.5 Å². The van der Waals surface area contributed by atoms with Crippen molar-refractivity contribution in [2.24, 2.45) is 30.0 Å². The van der Waals surface area contributed by atoms with Gasteiger partial charge in [-0.3, -0.25) is 4.99 Å². The van der Waals surface area contributed by atoms with Crippen molar-refractivity contribution < 1.29 is 17.1 Å². The van der Waals surface area contributed by atoms with Gasteiger partial charge in [-0.15, -0.1) is 0 Å². The second kappa shape index (κ2) is 11.7. The summed E-state index contributed by atoms with van der Waals surface area (Å²) < 4.78 is 0. The zero-order valence-corrected chi connectivity index (χ0v) is 23.5. The van der Waals surface area contributed by atoms with Gasteiger partial charge in [-0.05, 0) is 34.2 Å². The molecule has 0 unspecified atom stereocenters. The maximum Gasteiger partial charge on any atom is 2.00 e. The van der Waals surface area contributed by atoms with Crippen LogP contribution in [-0.2, 0) is 17.1 Å². The Labute approximate surface area is 253 Å². The minimum absolute atomic E-state index is 0. The second-order valence-corrected chi connectivity index (χ2v) is 9.08. The number of amidine groups is 3. The number of aromatic nitrogens is 2. The first kappa shape index (κ1) is 28.3. The molecule has 42 heavy (non-hydrogen) atoms. The molecule has 2 aliphatic heterocycles. The van der Waals surface area contributed by atoms with Crippen LogP contribution in [0, 0.1) is 0 Å². The Morgan fingerprint density at radius 2 is 1.26 bits per heavy atom. The van der Waals surface area contributed by atoms with E-state index in [4.69, 9.17) is 34.9 Å². The van der Waals surface area contributed by atoms with Crippen molar-refractivity contribution in [2.75, 3.05) is 6.54 Å². The molecule has 6 bridgehead atoms. The average molecular weight is 596 g/mol. The summed E-state index contributed by atoms with van der Waals surface area (Å²) >= 11 is 0.